The van der Waals surface area contributed by atoms with Crippen molar-refractivity contribution in [3.05, 3.63) is 101 Å². The van der Waals surface area contributed by atoms with Gasteiger partial charge in [-0.1, -0.05) is 36.3 Å². The first-order valence-electron chi connectivity index (χ1n) is 14.2. The van der Waals surface area contributed by atoms with Gasteiger partial charge in [-0.3, -0.25) is 9.36 Å². The van der Waals surface area contributed by atoms with E-state index < -0.39 is 18.0 Å². The molecule has 0 radical (unpaired) electrons. The largest absolute Gasteiger partial charge is 0.497 e. The van der Waals surface area contributed by atoms with Crippen molar-refractivity contribution in [3.63, 3.8) is 0 Å². The van der Waals surface area contributed by atoms with Gasteiger partial charge < -0.3 is 23.4 Å². The summed E-state index contributed by atoms with van der Waals surface area (Å²) in [7, 11) is 4.35. The molecule has 1 aliphatic rings. The highest BCUT2D eigenvalue weighted by Gasteiger charge is 2.36. The number of aromatic nitrogens is 1. The molecule has 1 aliphatic heterocycles. The van der Waals surface area contributed by atoms with Crippen LogP contribution >= 0.6 is 22.9 Å². The van der Waals surface area contributed by atoms with Crippen LogP contribution in [0.2, 0.25) is 5.02 Å². The van der Waals surface area contributed by atoms with E-state index in [2.05, 4.69) is 0 Å². The van der Waals surface area contributed by atoms with Crippen LogP contribution in [0, 0.1) is 0 Å². The fourth-order valence-corrected chi connectivity index (χ4v) is 6.32. The molecule has 0 saturated carbocycles. The summed E-state index contributed by atoms with van der Waals surface area (Å²) in [5.74, 6) is 0.745. The number of furan rings is 1. The topological polar surface area (TPSA) is 119 Å². The van der Waals surface area contributed by atoms with Gasteiger partial charge >= 0.3 is 11.9 Å². The molecule has 45 heavy (non-hydrogen) atoms. The summed E-state index contributed by atoms with van der Waals surface area (Å²) >= 11 is 7.36. The van der Waals surface area contributed by atoms with Crippen molar-refractivity contribution < 1.29 is 33.0 Å². The standard InChI is InChI=1S/C33H31ClN2O8S/c1-6-8-24-28(32(39)43-7-2)29(22-16-19(40-3)10-14-26(22)41-4)36-30(37)27(45-33(36)35-24)17-20-11-13-25(44-20)18-9-12-23(34)21(15-18)31(38)42-5/h9-17,29H,6-8H2,1-5H3/b27-17-/t29-/m1/s1. The van der Waals surface area contributed by atoms with Crippen molar-refractivity contribution in [2.45, 2.75) is 32.7 Å². The summed E-state index contributed by atoms with van der Waals surface area (Å²) in [6.07, 6.45) is 2.84. The lowest BCUT2D eigenvalue weighted by atomic mass is 9.93. The van der Waals surface area contributed by atoms with E-state index >= 15 is 0 Å². The van der Waals surface area contributed by atoms with E-state index in [1.807, 2.05) is 6.92 Å². The van der Waals surface area contributed by atoms with Gasteiger partial charge in [0.2, 0.25) is 0 Å². The number of ether oxygens (including phenoxy) is 4. The second-order valence-electron chi connectivity index (χ2n) is 9.91. The number of esters is 2. The summed E-state index contributed by atoms with van der Waals surface area (Å²) in [4.78, 5) is 45.0. The molecule has 0 fully saturated rings. The van der Waals surface area contributed by atoms with Crippen LogP contribution in [0.15, 0.2) is 74.0 Å². The van der Waals surface area contributed by atoms with Crippen LogP contribution in [-0.4, -0.2) is 44.4 Å². The zero-order chi connectivity index (χ0) is 32.2. The van der Waals surface area contributed by atoms with Crippen LogP contribution < -0.4 is 24.4 Å². The molecule has 5 rings (SSSR count). The SMILES string of the molecule is CCCC1=C(C(=O)OCC)[C@@H](c2cc(OC)ccc2OC)n2c(s/c(=C\c3ccc(-c4ccc(Cl)c(C(=O)OC)c4)o3)c2=O)=N1. The van der Waals surface area contributed by atoms with Gasteiger partial charge in [0.15, 0.2) is 4.80 Å². The molecule has 0 saturated heterocycles. The first-order valence-corrected chi connectivity index (χ1v) is 15.4. The molecule has 0 spiro atoms. The van der Waals surface area contributed by atoms with Gasteiger partial charge in [0.25, 0.3) is 5.56 Å². The molecule has 0 aliphatic carbocycles. The van der Waals surface area contributed by atoms with Gasteiger partial charge in [-0.25, -0.2) is 14.6 Å². The van der Waals surface area contributed by atoms with Crippen molar-refractivity contribution in [1.82, 2.24) is 4.57 Å². The molecule has 1 atom stereocenters. The highest BCUT2D eigenvalue weighted by Crippen LogP contribution is 2.39. The van der Waals surface area contributed by atoms with Crippen LogP contribution in [0.3, 0.4) is 0 Å². The van der Waals surface area contributed by atoms with Gasteiger partial charge in [-0.15, -0.1) is 0 Å². The molecule has 3 heterocycles. The molecule has 234 valence electrons. The molecule has 12 heteroatoms. The molecular formula is C33H31ClN2O8S. The molecule has 4 aromatic rings. The predicted octanol–water partition coefficient (Wildman–Crippen LogP) is 5.30. The van der Waals surface area contributed by atoms with Gasteiger partial charge in [0.1, 0.15) is 29.1 Å². The highest BCUT2D eigenvalue weighted by atomic mass is 35.5. The molecule has 0 bridgehead atoms. The number of carbonyl (C=O) groups excluding carboxylic acids is 2. The normalized spacial score (nSPS) is 14.5. The Morgan fingerprint density at radius 3 is 2.53 bits per heavy atom. The number of hydrogen-bond donors (Lipinski definition) is 0. The summed E-state index contributed by atoms with van der Waals surface area (Å²) in [5, 5.41) is 0.255. The van der Waals surface area contributed by atoms with E-state index in [1.165, 1.54) is 30.1 Å². The number of nitrogens with zero attached hydrogens (tertiary/aromatic N) is 2. The third kappa shape index (κ3) is 6.18. The lowest BCUT2D eigenvalue weighted by molar-refractivity contribution is -0.139. The van der Waals surface area contributed by atoms with E-state index in [9.17, 15) is 14.4 Å². The second-order valence-corrected chi connectivity index (χ2v) is 11.3. The maximum Gasteiger partial charge on any atom is 0.339 e. The Morgan fingerprint density at radius 2 is 1.84 bits per heavy atom. The number of hydrogen-bond acceptors (Lipinski definition) is 10. The summed E-state index contributed by atoms with van der Waals surface area (Å²) in [5.41, 5.74) is 1.81. The number of rotatable bonds is 10. The third-order valence-electron chi connectivity index (χ3n) is 7.18. The smallest absolute Gasteiger partial charge is 0.339 e. The minimum absolute atomic E-state index is 0.156. The summed E-state index contributed by atoms with van der Waals surface area (Å²) in [6.45, 7) is 3.88. The molecule has 2 aromatic heterocycles. The zero-order valence-corrected chi connectivity index (χ0v) is 26.9. The Bertz CT molecular complexity index is 1990. The van der Waals surface area contributed by atoms with Crippen LogP contribution in [-0.2, 0) is 14.3 Å². The van der Waals surface area contributed by atoms with Crippen molar-refractivity contribution in [2.24, 2.45) is 4.99 Å². The van der Waals surface area contributed by atoms with Gasteiger partial charge in [-0.05, 0) is 61.9 Å². The number of methoxy groups -OCH3 is 3. The third-order valence-corrected chi connectivity index (χ3v) is 8.49. The lowest BCUT2D eigenvalue weighted by Gasteiger charge is -2.27. The van der Waals surface area contributed by atoms with Crippen molar-refractivity contribution in [2.75, 3.05) is 27.9 Å². The Kier molecular flexibility index (Phi) is 9.60. The zero-order valence-electron chi connectivity index (χ0n) is 25.3. The van der Waals surface area contributed by atoms with Crippen LogP contribution in [0.25, 0.3) is 17.4 Å². The van der Waals surface area contributed by atoms with Crippen LogP contribution in [0.1, 0.15) is 54.4 Å². The van der Waals surface area contributed by atoms with Gasteiger partial charge in [0, 0.05) is 17.2 Å². The molecular weight excluding hydrogens is 620 g/mol. The summed E-state index contributed by atoms with van der Waals surface area (Å²) < 4.78 is 29.4. The lowest BCUT2D eigenvalue weighted by Crippen LogP contribution is -2.40. The van der Waals surface area contributed by atoms with Gasteiger partial charge in [0.05, 0.1) is 54.3 Å². The van der Waals surface area contributed by atoms with Crippen molar-refractivity contribution in [1.29, 1.82) is 0 Å². The van der Waals surface area contributed by atoms with Gasteiger partial charge in [-0.2, -0.15) is 0 Å². The molecule has 0 N–H and O–H groups in total. The summed E-state index contributed by atoms with van der Waals surface area (Å²) in [6, 6.07) is 12.7. The number of fused-ring (bicyclic) bond motifs is 1. The Hall–Kier alpha value is -4.61. The maximum absolute atomic E-state index is 14.1. The molecule has 10 nitrogen and oxygen atoms in total. The number of allylic oxidation sites excluding steroid dienone is 1. The molecule has 0 amide bonds. The van der Waals surface area contributed by atoms with E-state index in [-0.39, 0.29) is 28.3 Å². The van der Waals surface area contributed by atoms with E-state index in [0.717, 1.165) is 6.42 Å². The first kappa shape index (κ1) is 31.8. The average molecular weight is 651 g/mol. The van der Waals surface area contributed by atoms with Crippen LogP contribution in [0.4, 0.5) is 0 Å². The fourth-order valence-electron chi connectivity index (χ4n) is 5.13. The number of thiazole rings is 1. The number of benzene rings is 2. The Morgan fingerprint density at radius 1 is 1.04 bits per heavy atom. The fraction of sp³-hybridized carbons (Fsp3) is 0.273. The van der Waals surface area contributed by atoms with E-state index in [1.54, 1.807) is 68.6 Å². The average Bonchev–Trinajstić information content (AvgIpc) is 3.64. The second kappa shape index (κ2) is 13.6. The number of halogens is 1. The minimum atomic E-state index is -0.882. The van der Waals surface area contributed by atoms with E-state index in [4.69, 9.17) is 40.0 Å². The Labute approximate surface area is 267 Å². The molecule has 2 aromatic carbocycles. The number of carbonyl (C=O) groups is 2. The Balaban J connectivity index is 1.68. The molecule has 0 unspecified atom stereocenters. The van der Waals surface area contributed by atoms with E-state index in [0.29, 0.717) is 55.6 Å². The maximum atomic E-state index is 14.1. The van der Waals surface area contributed by atoms with Crippen LogP contribution in [0.5, 0.6) is 11.5 Å². The monoisotopic (exact) mass is 650 g/mol. The van der Waals surface area contributed by atoms with Crippen molar-refractivity contribution >= 4 is 41.0 Å². The van der Waals surface area contributed by atoms with Crippen molar-refractivity contribution in [3.8, 4) is 22.8 Å². The highest BCUT2D eigenvalue weighted by molar-refractivity contribution is 7.07. The predicted molar refractivity (Wildman–Crippen MR) is 170 cm³/mol. The first-order chi connectivity index (χ1) is 21.7. The minimum Gasteiger partial charge on any atom is -0.497 e. The quantitative estimate of drug-likeness (QED) is 0.212.